The monoisotopic (exact) mass is 242 g/mol. The Balaban J connectivity index is 3.12. The van der Waals surface area contributed by atoms with Gasteiger partial charge in [0.25, 0.3) is 0 Å². The van der Waals surface area contributed by atoms with E-state index in [1.807, 2.05) is 0 Å². The van der Waals surface area contributed by atoms with Crippen molar-refractivity contribution in [1.29, 1.82) is 0 Å². The molecule has 0 heterocycles. The Hall–Kier alpha value is -1.63. The Morgan fingerprint density at radius 2 is 2.06 bits per heavy atom. The lowest BCUT2D eigenvalue weighted by Crippen LogP contribution is -2.07. The summed E-state index contributed by atoms with van der Waals surface area (Å²) in [5, 5.41) is 0. The average Bonchev–Trinajstić information content (AvgIpc) is 2.27. The van der Waals surface area contributed by atoms with Gasteiger partial charge < -0.3 is 4.74 Å². The van der Waals surface area contributed by atoms with Crippen LogP contribution in [0.5, 0.6) is 5.75 Å². The highest BCUT2D eigenvalue weighted by Gasteiger charge is 2.31. The van der Waals surface area contributed by atoms with Crippen molar-refractivity contribution in [3.8, 4) is 18.1 Å². The van der Waals surface area contributed by atoms with Gasteiger partial charge in [0.1, 0.15) is 5.75 Å². The van der Waals surface area contributed by atoms with Gasteiger partial charge in [0.15, 0.2) is 0 Å². The Morgan fingerprint density at radius 1 is 1.41 bits per heavy atom. The number of hydrogen-bond donors (Lipinski definition) is 0. The molecule has 0 aliphatic heterocycles. The van der Waals surface area contributed by atoms with E-state index in [4.69, 9.17) is 11.2 Å². The second-order valence-corrected chi connectivity index (χ2v) is 3.80. The first-order valence-electron chi connectivity index (χ1n) is 5.08. The van der Waals surface area contributed by atoms with Crippen molar-refractivity contribution in [2.75, 3.05) is 7.11 Å². The van der Waals surface area contributed by atoms with Gasteiger partial charge in [0.05, 0.1) is 12.7 Å². The van der Waals surface area contributed by atoms with Crippen LogP contribution in [0.4, 0.5) is 13.2 Å². The third-order valence-corrected chi connectivity index (χ3v) is 2.42. The number of terminal acetylenes is 1. The van der Waals surface area contributed by atoms with Crippen LogP contribution < -0.4 is 4.74 Å². The van der Waals surface area contributed by atoms with Crippen LogP contribution in [0.15, 0.2) is 18.2 Å². The van der Waals surface area contributed by atoms with Gasteiger partial charge >= 0.3 is 6.18 Å². The van der Waals surface area contributed by atoms with Crippen molar-refractivity contribution in [2.45, 2.75) is 19.5 Å². The number of alkyl halides is 3. The fourth-order valence-corrected chi connectivity index (χ4v) is 1.50. The molecular weight excluding hydrogens is 229 g/mol. The smallest absolute Gasteiger partial charge is 0.416 e. The maximum absolute atomic E-state index is 12.5. The summed E-state index contributed by atoms with van der Waals surface area (Å²) in [6.45, 7) is 1.78. The summed E-state index contributed by atoms with van der Waals surface area (Å²) < 4.78 is 42.6. The van der Waals surface area contributed by atoms with Gasteiger partial charge in [0.2, 0.25) is 0 Å². The highest BCUT2D eigenvalue weighted by Crippen LogP contribution is 2.33. The number of ether oxygens (including phenoxy) is 1. The zero-order chi connectivity index (χ0) is 13.1. The zero-order valence-corrected chi connectivity index (χ0v) is 9.64. The van der Waals surface area contributed by atoms with Crippen LogP contribution in [0, 0.1) is 18.3 Å². The van der Waals surface area contributed by atoms with Crippen LogP contribution in [-0.2, 0) is 12.6 Å². The molecule has 0 saturated carbocycles. The van der Waals surface area contributed by atoms with Crippen LogP contribution in [0.25, 0.3) is 0 Å². The molecule has 0 spiro atoms. The van der Waals surface area contributed by atoms with E-state index in [0.29, 0.717) is 17.7 Å². The molecule has 0 amide bonds. The third-order valence-electron chi connectivity index (χ3n) is 2.42. The lowest BCUT2D eigenvalue weighted by atomic mass is 9.99. The van der Waals surface area contributed by atoms with Gasteiger partial charge in [-0.05, 0) is 30.2 Å². The minimum atomic E-state index is -4.35. The van der Waals surface area contributed by atoms with Gasteiger partial charge in [-0.25, -0.2) is 0 Å². The molecule has 17 heavy (non-hydrogen) atoms. The molecule has 0 aliphatic carbocycles. The number of rotatable bonds is 3. The van der Waals surface area contributed by atoms with Crippen LogP contribution in [0.1, 0.15) is 18.1 Å². The summed E-state index contributed by atoms with van der Waals surface area (Å²) >= 11 is 0. The highest BCUT2D eigenvalue weighted by molar-refractivity contribution is 5.39. The first-order chi connectivity index (χ1) is 7.88. The molecule has 0 radical (unpaired) electrons. The van der Waals surface area contributed by atoms with E-state index in [1.54, 1.807) is 6.92 Å². The summed E-state index contributed by atoms with van der Waals surface area (Å²) in [6.07, 6.45) is 1.24. The van der Waals surface area contributed by atoms with E-state index in [-0.39, 0.29) is 5.92 Å². The Morgan fingerprint density at radius 3 is 2.53 bits per heavy atom. The second-order valence-electron chi connectivity index (χ2n) is 3.80. The summed E-state index contributed by atoms with van der Waals surface area (Å²) in [5.41, 5.74) is -0.203. The van der Waals surface area contributed by atoms with Crippen molar-refractivity contribution < 1.29 is 17.9 Å². The molecule has 0 saturated heterocycles. The molecule has 4 heteroatoms. The normalized spacial score (nSPS) is 12.9. The van der Waals surface area contributed by atoms with Gasteiger partial charge in [-0.15, -0.1) is 12.3 Å². The largest absolute Gasteiger partial charge is 0.496 e. The molecule has 1 atom stereocenters. The molecule has 1 unspecified atom stereocenters. The van der Waals surface area contributed by atoms with Crippen molar-refractivity contribution in [2.24, 2.45) is 5.92 Å². The SMILES string of the molecule is C#CC(C)Cc1cc(C(F)(F)F)ccc1OC. The van der Waals surface area contributed by atoms with Crippen LogP contribution in [0.2, 0.25) is 0 Å². The number of methoxy groups -OCH3 is 1. The van der Waals surface area contributed by atoms with Gasteiger partial charge in [-0.2, -0.15) is 13.2 Å². The fourth-order valence-electron chi connectivity index (χ4n) is 1.50. The van der Waals surface area contributed by atoms with Gasteiger partial charge in [-0.3, -0.25) is 0 Å². The predicted octanol–water partition coefficient (Wildman–Crippen LogP) is 3.53. The van der Waals surface area contributed by atoms with Crippen molar-refractivity contribution in [1.82, 2.24) is 0 Å². The maximum atomic E-state index is 12.5. The molecule has 0 N–H and O–H groups in total. The van der Waals surface area contributed by atoms with E-state index in [1.165, 1.54) is 13.2 Å². The Labute approximate surface area is 98.6 Å². The van der Waals surface area contributed by atoms with E-state index >= 15 is 0 Å². The fraction of sp³-hybridized carbons (Fsp3) is 0.385. The van der Waals surface area contributed by atoms with E-state index < -0.39 is 11.7 Å². The summed E-state index contributed by atoms with van der Waals surface area (Å²) in [6, 6.07) is 3.41. The Bertz CT molecular complexity index is 429. The minimum absolute atomic E-state index is 0.132. The predicted molar refractivity (Wildman–Crippen MR) is 59.7 cm³/mol. The van der Waals surface area contributed by atoms with Crippen LogP contribution >= 0.6 is 0 Å². The average molecular weight is 242 g/mol. The number of hydrogen-bond acceptors (Lipinski definition) is 1. The van der Waals surface area contributed by atoms with Crippen LogP contribution in [-0.4, -0.2) is 7.11 Å². The van der Waals surface area contributed by atoms with E-state index in [2.05, 4.69) is 5.92 Å². The van der Waals surface area contributed by atoms with Crippen molar-refractivity contribution in [3.63, 3.8) is 0 Å². The first-order valence-corrected chi connectivity index (χ1v) is 5.08. The van der Waals surface area contributed by atoms with E-state index in [9.17, 15) is 13.2 Å². The quantitative estimate of drug-likeness (QED) is 0.737. The topological polar surface area (TPSA) is 9.23 Å². The van der Waals surface area contributed by atoms with Gasteiger partial charge in [-0.1, -0.05) is 6.92 Å². The summed E-state index contributed by atoms with van der Waals surface area (Å²) in [7, 11) is 1.42. The van der Waals surface area contributed by atoms with Crippen LogP contribution in [0.3, 0.4) is 0 Å². The molecule has 0 fully saturated rings. The number of benzene rings is 1. The third kappa shape index (κ3) is 3.42. The minimum Gasteiger partial charge on any atom is -0.496 e. The summed E-state index contributed by atoms with van der Waals surface area (Å²) in [4.78, 5) is 0. The number of halogens is 3. The Kier molecular flexibility index (Phi) is 4.06. The molecule has 0 aromatic heterocycles. The first kappa shape index (κ1) is 13.4. The maximum Gasteiger partial charge on any atom is 0.416 e. The molecule has 1 aromatic carbocycles. The second kappa shape index (κ2) is 5.13. The molecule has 1 rings (SSSR count). The molecule has 0 bridgehead atoms. The van der Waals surface area contributed by atoms with Crippen molar-refractivity contribution >= 4 is 0 Å². The molecule has 1 aromatic rings. The molecule has 92 valence electrons. The highest BCUT2D eigenvalue weighted by atomic mass is 19.4. The van der Waals surface area contributed by atoms with E-state index in [0.717, 1.165) is 12.1 Å². The molecule has 0 aliphatic rings. The lowest BCUT2D eigenvalue weighted by molar-refractivity contribution is -0.137. The standard InChI is InChI=1S/C13H13F3O/c1-4-9(2)7-10-8-11(13(14,15)16)5-6-12(10)17-3/h1,5-6,8-9H,7H2,2-3H3. The van der Waals surface area contributed by atoms with Gasteiger partial charge in [0, 0.05) is 5.92 Å². The zero-order valence-electron chi connectivity index (χ0n) is 9.64. The summed E-state index contributed by atoms with van der Waals surface area (Å²) in [5.74, 6) is 2.78. The molecule has 1 nitrogen and oxygen atoms in total. The van der Waals surface area contributed by atoms with Crippen molar-refractivity contribution in [3.05, 3.63) is 29.3 Å². The molecular formula is C13H13F3O. The lowest BCUT2D eigenvalue weighted by Gasteiger charge is -2.13.